The third-order valence-electron chi connectivity index (χ3n) is 5.72. The van der Waals surface area contributed by atoms with Gasteiger partial charge in [0, 0.05) is 31.4 Å². The fourth-order valence-corrected chi connectivity index (χ4v) is 5.43. The van der Waals surface area contributed by atoms with Crippen molar-refractivity contribution < 1.29 is 14.3 Å². The molecule has 0 atom stereocenters. The van der Waals surface area contributed by atoms with Gasteiger partial charge in [-0.1, -0.05) is 35.6 Å². The Morgan fingerprint density at radius 1 is 1.23 bits per heavy atom. The third-order valence-corrected chi connectivity index (χ3v) is 6.89. The highest BCUT2D eigenvalue weighted by Crippen LogP contribution is 2.43. The Morgan fingerprint density at radius 2 is 1.90 bits per heavy atom. The van der Waals surface area contributed by atoms with E-state index in [0.29, 0.717) is 18.0 Å². The largest absolute Gasteiger partial charge is 0.460 e. The summed E-state index contributed by atoms with van der Waals surface area (Å²) in [7, 11) is 1.78. The summed E-state index contributed by atoms with van der Waals surface area (Å²) in [4.78, 5) is 34.2. The molecule has 0 fully saturated rings. The minimum absolute atomic E-state index is 0.0643. The van der Waals surface area contributed by atoms with Crippen LogP contribution in [0.2, 0.25) is 0 Å². The van der Waals surface area contributed by atoms with Gasteiger partial charge in [-0.15, -0.1) is 0 Å². The van der Waals surface area contributed by atoms with Crippen LogP contribution in [0.25, 0.3) is 0 Å². The zero-order valence-corrected chi connectivity index (χ0v) is 18.9. The minimum Gasteiger partial charge on any atom is -0.460 e. The van der Waals surface area contributed by atoms with E-state index in [0.717, 1.165) is 36.3 Å². The Bertz CT molecular complexity index is 928. The van der Waals surface area contributed by atoms with Crippen molar-refractivity contribution in [1.29, 1.82) is 0 Å². The van der Waals surface area contributed by atoms with Crippen LogP contribution in [0.5, 0.6) is 0 Å². The molecule has 6 nitrogen and oxygen atoms in total. The predicted molar refractivity (Wildman–Crippen MR) is 118 cm³/mol. The van der Waals surface area contributed by atoms with Gasteiger partial charge in [0.2, 0.25) is 5.91 Å². The molecule has 0 spiro atoms. The second-order valence-electron chi connectivity index (χ2n) is 9.32. The number of aromatic nitrogens is 1. The zero-order chi connectivity index (χ0) is 21.5. The monoisotopic (exact) mass is 427 g/mol. The highest BCUT2D eigenvalue weighted by atomic mass is 32.1. The second-order valence-corrected chi connectivity index (χ2v) is 10.4. The summed E-state index contributed by atoms with van der Waals surface area (Å²) >= 11 is 1.56. The molecule has 30 heavy (non-hydrogen) atoms. The average Bonchev–Trinajstić information content (AvgIpc) is 3.26. The van der Waals surface area contributed by atoms with Crippen molar-refractivity contribution >= 4 is 28.3 Å². The van der Waals surface area contributed by atoms with Gasteiger partial charge in [0.25, 0.3) is 0 Å². The standard InChI is InChI=1S/C23H29N3O3S/c1-22(2,3)29-19(27)13-23(11-15-7-5-6-8-16(15)12-23)20(28)26(4)21-25-17-9-10-24-14-18(17)30-21/h5-8,24H,9-14H2,1-4H3. The first-order valence-corrected chi connectivity index (χ1v) is 11.2. The van der Waals surface area contributed by atoms with Crippen LogP contribution >= 0.6 is 11.3 Å². The Labute approximate surface area is 181 Å². The summed E-state index contributed by atoms with van der Waals surface area (Å²) in [5.74, 6) is -0.400. The van der Waals surface area contributed by atoms with E-state index >= 15 is 0 Å². The predicted octanol–water partition coefficient (Wildman–Crippen LogP) is 3.27. The maximum Gasteiger partial charge on any atom is 0.307 e. The summed E-state index contributed by atoms with van der Waals surface area (Å²) in [5, 5.41) is 4.05. The van der Waals surface area contributed by atoms with Gasteiger partial charge in [0.05, 0.1) is 17.5 Å². The number of amides is 1. The van der Waals surface area contributed by atoms with Gasteiger partial charge in [-0.3, -0.25) is 14.5 Å². The number of rotatable bonds is 4. The number of benzene rings is 1. The number of esters is 1. The second kappa shape index (κ2) is 7.78. The van der Waals surface area contributed by atoms with Crippen LogP contribution in [-0.2, 0) is 40.1 Å². The van der Waals surface area contributed by atoms with Crippen molar-refractivity contribution in [2.45, 2.75) is 58.6 Å². The van der Waals surface area contributed by atoms with Crippen molar-refractivity contribution in [2.75, 3.05) is 18.5 Å². The van der Waals surface area contributed by atoms with Crippen LogP contribution in [0.15, 0.2) is 24.3 Å². The molecule has 0 saturated carbocycles. The van der Waals surface area contributed by atoms with Crippen LogP contribution in [0.3, 0.4) is 0 Å². The summed E-state index contributed by atoms with van der Waals surface area (Å²) < 4.78 is 5.59. The van der Waals surface area contributed by atoms with Crippen LogP contribution in [0.4, 0.5) is 5.13 Å². The lowest BCUT2D eigenvalue weighted by Crippen LogP contribution is -2.45. The third kappa shape index (κ3) is 4.14. The number of carbonyl (C=O) groups excluding carboxylic acids is 2. The molecule has 1 aliphatic heterocycles. The fourth-order valence-electron chi connectivity index (χ4n) is 4.40. The Morgan fingerprint density at radius 3 is 2.50 bits per heavy atom. The van der Waals surface area contributed by atoms with E-state index in [2.05, 4.69) is 5.32 Å². The van der Waals surface area contributed by atoms with Crippen LogP contribution in [-0.4, -0.2) is 36.1 Å². The summed E-state index contributed by atoms with van der Waals surface area (Å²) in [6.07, 6.45) is 2.02. The van der Waals surface area contributed by atoms with Crippen LogP contribution < -0.4 is 10.2 Å². The molecule has 0 radical (unpaired) electrons. The molecular weight excluding hydrogens is 398 g/mol. The van der Waals surface area contributed by atoms with Gasteiger partial charge in [0.1, 0.15) is 5.60 Å². The fraction of sp³-hybridized carbons (Fsp3) is 0.522. The number of anilines is 1. The normalized spacial score (nSPS) is 17.2. The van der Waals surface area contributed by atoms with Crippen molar-refractivity contribution in [3.8, 4) is 0 Å². The average molecular weight is 428 g/mol. The van der Waals surface area contributed by atoms with E-state index in [1.165, 1.54) is 4.88 Å². The van der Waals surface area contributed by atoms with Crippen LogP contribution in [0.1, 0.15) is 48.9 Å². The number of nitrogens with zero attached hydrogens (tertiary/aromatic N) is 2. The molecule has 0 saturated heterocycles. The first kappa shape index (κ1) is 21.0. The molecule has 1 amide bonds. The highest BCUT2D eigenvalue weighted by molar-refractivity contribution is 7.15. The molecule has 160 valence electrons. The van der Waals surface area contributed by atoms with Crippen molar-refractivity contribution in [1.82, 2.24) is 10.3 Å². The molecule has 0 bridgehead atoms. The van der Waals surface area contributed by atoms with E-state index in [-0.39, 0.29) is 18.3 Å². The molecule has 0 unspecified atom stereocenters. The van der Waals surface area contributed by atoms with Gasteiger partial charge in [0.15, 0.2) is 5.13 Å². The van der Waals surface area contributed by atoms with Crippen LogP contribution in [0, 0.1) is 5.41 Å². The van der Waals surface area contributed by atoms with Gasteiger partial charge < -0.3 is 10.1 Å². The maximum absolute atomic E-state index is 13.8. The maximum atomic E-state index is 13.8. The summed E-state index contributed by atoms with van der Waals surface area (Å²) in [6, 6.07) is 8.07. The van der Waals surface area contributed by atoms with Crippen molar-refractivity contribution in [3.05, 3.63) is 46.0 Å². The van der Waals surface area contributed by atoms with Crippen molar-refractivity contribution in [3.63, 3.8) is 0 Å². The van der Waals surface area contributed by atoms with Gasteiger partial charge in [-0.05, 0) is 44.7 Å². The molecule has 2 aliphatic rings. The molecular formula is C23H29N3O3S. The van der Waals surface area contributed by atoms with Gasteiger partial charge >= 0.3 is 5.97 Å². The van der Waals surface area contributed by atoms with Gasteiger partial charge in [-0.25, -0.2) is 4.98 Å². The Hall–Kier alpha value is -2.25. The number of thiazole rings is 1. The SMILES string of the molecule is CN(C(=O)C1(CC(=O)OC(C)(C)C)Cc2ccccc2C1)c1nc2c(s1)CNCC2. The quantitative estimate of drug-likeness (QED) is 0.759. The number of carbonyl (C=O) groups is 2. The van der Waals surface area contributed by atoms with E-state index in [1.54, 1.807) is 23.3 Å². The molecule has 1 aromatic heterocycles. The van der Waals surface area contributed by atoms with E-state index < -0.39 is 11.0 Å². The number of hydrogen-bond donors (Lipinski definition) is 1. The summed E-state index contributed by atoms with van der Waals surface area (Å²) in [5.41, 5.74) is 1.91. The van der Waals surface area contributed by atoms with E-state index in [1.807, 2.05) is 45.0 Å². The van der Waals surface area contributed by atoms with E-state index in [9.17, 15) is 9.59 Å². The lowest BCUT2D eigenvalue weighted by molar-refractivity contribution is -0.159. The zero-order valence-electron chi connectivity index (χ0n) is 18.1. The highest BCUT2D eigenvalue weighted by Gasteiger charge is 2.48. The van der Waals surface area contributed by atoms with Gasteiger partial charge in [-0.2, -0.15) is 0 Å². The molecule has 2 aromatic rings. The lowest BCUT2D eigenvalue weighted by atomic mass is 9.80. The molecule has 2 heterocycles. The number of nitrogens with one attached hydrogen (secondary N) is 1. The number of hydrogen-bond acceptors (Lipinski definition) is 6. The number of ether oxygens (including phenoxy) is 1. The van der Waals surface area contributed by atoms with Crippen molar-refractivity contribution in [2.24, 2.45) is 5.41 Å². The minimum atomic E-state index is -0.842. The lowest BCUT2D eigenvalue weighted by Gasteiger charge is -2.31. The number of fused-ring (bicyclic) bond motifs is 2. The smallest absolute Gasteiger partial charge is 0.307 e. The molecule has 1 aromatic carbocycles. The van der Waals surface area contributed by atoms with E-state index in [4.69, 9.17) is 9.72 Å². The first-order chi connectivity index (χ1) is 14.2. The molecule has 1 N–H and O–H groups in total. The Balaban J connectivity index is 1.63. The molecule has 7 heteroatoms. The first-order valence-electron chi connectivity index (χ1n) is 10.4. The molecule has 4 rings (SSSR count). The Kier molecular flexibility index (Phi) is 5.45. The summed E-state index contributed by atoms with van der Waals surface area (Å²) in [6.45, 7) is 7.25. The molecule has 1 aliphatic carbocycles. The topological polar surface area (TPSA) is 71.5 Å².